The molecule has 11 rings (SSSR count). The van der Waals surface area contributed by atoms with Gasteiger partial charge >= 0.3 is 0 Å². The van der Waals surface area contributed by atoms with E-state index < -0.39 is 0 Å². The summed E-state index contributed by atoms with van der Waals surface area (Å²) in [5, 5.41) is 15.7. The first-order chi connectivity index (χ1) is 25.1. The second-order valence-corrected chi connectivity index (χ2v) is 14.8. The summed E-state index contributed by atoms with van der Waals surface area (Å²) in [6, 6.07) is 63.4. The van der Waals surface area contributed by atoms with Gasteiger partial charge in [0, 0.05) is 5.41 Å². The quantitative estimate of drug-likeness (QED) is 0.129. The van der Waals surface area contributed by atoms with Crippen molar-refractivity contribution in [2.75, 3.05) is 0 Å². The van der Waals surface area contributed by atoms with Crippen molar-refractivity contribution in [1.29, 1.82) is 0 Å². The minimum absolute atomic E-state index is 0.158. The van der Waals surface area contributed by atoms with E-state index in [1.165, 1.54) is 109 Å². The number of hydrogen-bond acceptors (Lipinski definition) is 0. The molecule has 0 amide bonds. The molecule has 0 atom stereocenters. The van der Waals surface area contributed by atoms with E-state index in [4.69, 9.17) is 0 Å². The summed E-state index contributed by atoms with van der Waals surface area (Å²) in [6.07, 6.45) is 0. The Morgan fingerprint density at radius 1 is 0.294 bits per heavy atom. The van der Waals surface area contributed by atoms with Crippen molar-refractivity contribution in [1.82, 2.24) is 0 Å². The van der Waals surface area contributed by atoms with Gasteiger partial charge in [-0.15, -0.1) is 0 Å². The molecule has 0 aromatic heterocycles. The summed E-state index contributed by atoms with van der Waals surface area (Å²) in [5.74, 6) is 0. The van der Waals surface area contributed by atoms with Crippen molar-refractivity contribution in [2.45, 2.75) is 19.3 Å². The zero-order valence-electron chi connectivity index (χ0n) is 28.7. The average Bonchev–Trinajstić information content (AvgIpc) is 3.43. The Balaban J connectivity index is 1.18. The third-order valence-corrected chi connectivity index (χ3v) is 11.8. The summed E-state index contributed by atoms with van der Waals surface area (Å²) in [4.78, 5) is 0. The van der Waals surface area contributed by atoms with E-state index in [-0.39, 0.29) is 5.41 Å². The molecule has 0 saturated carbocycles. The monoisotopic (exact) mass is 646 g/mol. The zero-order chi connectivity index (χ0) is 33.8. The Morgan fingerprint density at radius 3 is 1.47 bits per heavy atom. The fourth-order valence-corrected chi connectivity index (χ4v) is 9.74. The van der Waals surface area contributed by atoms with Crippen molar-refractivity contribution in [3.05, 3.63) is 181 Å². The minimum atomic E-state index is -0.158. The van der Waals surface area contributed by atoms with Gasteiger partial charge in [0.15, 0.2) is 0 Å². The first-order valence-electron chi connectivity index (χ1n) is 18.0. The van der Waals surface area contributed by atoms with E-state index in [1.54, 1.807) is 0 Å². The van der Waals surface area contributed by atoms with Gasteiger partial charge in [0.1, 0.15) is 0 Å². The predicted octanol–water partition coefficient (Wildman–Crippen LogP) is 14.2. The van der Waals surface area contributed by atoms with Crippen LogP contribution in [0.5, 0.6) is 0 Å². The van der Waals surface area contributed by atoms with E-state index in [0.717, 1.165) is 0 Å². The molecule has 238 valence electrons. The summed E-state index contributed by atoms with van der Waals surface area (Å²) in [6.45, 7) is 4.86. The van der Waals surface area contributed by atoms with Crippen molar-refractivity contribution >= 4 is 64.6 Å². The maximum Gasteiger partial charge on any atom is 0.0171 e. The van der Waals surface area contributed by atoms with Crippen LogP contribution in [-0.2, 0) is 5.41 Å². The maximum absolute atomic E-state index is 2.44. The molecule has 0 bridgehead atoms. The van der Waals surface area contributed by atoms with Crippen molar-refractivity contribution in [3.8, 4) is 33.4 Å². The summed E-state index contributed by atoms with van der Waals surface area (Å²) >= 11 is 0. The Labute approximate surface area is 297 Å². The summed E-state index contributed by atoms with van der Waals surface area (Å²) in [5.41, 5.74) is 10.6. The van der Waals surface area contributed by atoms with Crippen LogP contribution < -0.4 is 0 Å². The van der Waals surface area contributed by atoms with Crippen molar-refractivity contribution in [2.24, 2.45) is 0 Å². The van der Waals surface area contributed by atoms with Gasteiger partial charge in [-0.1, -0.05) is 178 Å². The molecular weight excluding hydrogens is 613 g/mol. The molecule has 0 unspecified atom stereocenters. The zero-order valence-corrected chi connectivity index (χ0v) is 28.7. The SMILES string of the molecule is CC1(C)c2c(ccc3cc(-c4c5ccccc5c(-c5cccc6ccccc56)c5ccccc45)ccc23)-c2c1c1ccccc1c1ccccc21. The van der Waals surface area contributed by atoms with Crippen LogP contribution in [0.2, 0.25) is 0 Å². The van der Waals surface area contributed by atoms with Crippen LogP contribution in [0.25, 0.3) is 98.0 Å². The molecule has 0 saturated heterocycles. The third-order valence-electron chi connectivity index (χ3n) is 11.8. The molecule has 0 radical (unpaired) electrons. The molecule has 51 heavy (non-hydrogen) atoms. The molecule has 0 nitrogen and oxygen atoms in total. The Morgan fingerprint density at radius 2 is 0.804 bits per heavy atom. The molecule has 10 aromatic carbocycles. The fraction of sp³-hybridized carbons (Fsp3) is 0.0588. The lowest BCUT2D eigenvalue weighted by Gasteiger charge is -2.25. The first-order valence-corrected chi connectivity index (χ1v) is 18.0. The highest BCUT2D eigenvalue weighted by Gasteiger charge is 2.39. The van der Waals surface area contributed by atoms with Crippen LogP contribution in [0.3, 0.4) is 0 Å². The molecular formula is C51H34. The van der Waals surface area contributed by atoms with Crippen LogP contribution >= 0.6 is 0 Å². The lowest BCUT2D eigenvalue weighted by molar-refractivity contribution is 0.672. The third kappa shape index (κ3) is 3.85. The Kier molecular flexibility index (Phi) is 5.82. The van der Waals surface area contributed by atoms with Crippen LogP contribution in [0.1, 0.15) is 25.0 Å². The molecule has 0 heteroatoms. The molecule has 0 N–H and O–H groups in total. The highest BCUT2D eigenvalue weighted by atomic mass is 14.4. The van der Waals surface area contributed by atoms with Crippen LogP contribution in [0.4, 0.5) is 0 Å². The van der Waals surface area contributed by atoms with E-state index >= 15 is 0 Å². The Hall–Kier alpha value is -6.24. The number of rotatable bonds is 2. The molecule has 0 heterocycles. The van der Waals surface area contributed by atoms with Gasteiger partial charge in [-0.3, -0.25) is 0 Å². The van der Waals surface area contributed by atoms with Crippen LogP contribution in [0.15, 0.2) is 170 Å². The lowest BCUT2D eigenvalue weighted by Crippen LogP contribution is -2.16. The maximum atomic E-state index is 2.44. The number of benzene rings is 10. The highest BCUT2D eigenvalue weighted by Crippen LogP contribution is 2.56. The summed E-state index contributed by atoms with van der Waals surface area (Å²) < 4.78 is 0. The van der Waals surface area contributed by atoms with E-state index in [1.807, 2.05) is 0 Å². The molecule has 0 aliphatic heterocycles. The van der Waals surface area contributed by atoms with Gasteiger partial charge in [-0.2, -0.15) is 0 Å². The standard InChI is InChI=1S/C51H34/c1-51(2)49-35-28-27-33(30-32(35)26-29-45(49)48-39-19-7-5-17-36(39)37-18-6-12-24-44(37)50(48)51)46-40-20-8-10-22-42(40)47(43-23-11-9-21-41(43)46)38-25-13-15-31-14-3-4-16-34(31)38/h3-30H,1-2H3. The molecule has 1 aliphatic rings. The average molecular weight is 647 g/mol. The summed E-state index contributed by atoms with van der Waals surface area (Å²) in [7, 11) is 0. The highest BCUT2D eigenvalue weighted by molar-refractivity contribution is 6.24. The molecule has 10 aromatic rings. The largest absolute Gasteiger partial charge is 0.0616 e. The van der Waals surface area contributed by atoms with Gasteiger partial charge in [0.2, 0.25) is 0 Å². The topological polar surface area (TPSA) is 0 Å². The molecule has 1 aliphatic carbocycles. The van der Waals surface area contributed by atoms with Gasteiger partial charge in [-0.05, 0) is 115 Å². The van der Waals surface area contributed by atoms with Gasteiger partial charge in [0.05, 0.1) is 0 Å². The lowest BCUT2D eigenvalue weighted by atomic mass is 9.77. The minimum Gasteiger partial charge on any atom is -0.0616 e. The normalized spacial score (nSPS) is 13.5. The first kappa shape index (κ1) is 28.6. The van der Waals surface area contributed by atoms with Crippen LogP contribution in [-0.4, -0.2) is 0 Å². The van der Waals surface area contributed by atoms with Crippen molar-refractivity contribution in [3.63, 3.8) is 0 Å². The number of hydrogen-bond donors (Lipinski definition) is 0. The molecule has 0 fully saturated rings. The van der Waals surface area contributed by atoms with Crippen LogP contribution in [0, 0.1) is 0 Å². The van der Waals surface area contributed by atoms with Gasteiger partial charge in [0.25, 0.3) is 0 Å². The van der Waals surface area contributed by atoms with Crippen molar-refractivity contribution < 1.29 is 0 Å². The second kappa shape index (κ2) is 10.4. The Bertz CT molecular complexity index is 3040. The predicted molar refractivity (Wildman–Crippen MR) is 220 cm³/mol. The van der Waals surface area contributed by atoms with E-state index in [0.29, 0.717) is 0 Å². The smallest absolute Gasteiger partial charge is 0.0171 e. The van der Waals surface area contributed by atoms with E-state index in [2.05, 4.69) is 184 Å². The van der Waals surface area contributed by atoms with Gasteiger partial charge in [-0.25, -0.2) is 0 Å². The second-order valence-electron chi connectivity index (χ2n) is 14.8. The fourth-order valence-electron chi connectivity index (χ4n) is 9.74. The molecule has 0 spiro atoms. The van der Waals surface area contributed by atoms with E-state index in [9.17, 15) is 0 Å². The van der Waals surface area contributed by atoms with Gasteiger partial charge < -0.3 is 0 Å². The number of fused-ring (bicyclic) bond motifs is 13.